The summed E-state index contributed by atoms with van der Waals surface area (Å²) in [6.07, 6.45) is 0. The van der Waals surface area contributed by atoms with E-state index >= 15 is 0 Å². The Morgan fingerprint density at radius 3 is 1.76 bits per heavy atom. The van der Waals surface area contributed by atoms with E-state index in [4.69, 9.17) is 24.7 Å². The van der Waals surface area contributed by atoms with Crippen molar-refractivity contribution in [1.82, 2.24) is 10.6 Å². The Kier molecular flexibility index (Phi) is 7.80. The second kappa shape index (κ2) is 10.4. The molecule has 0 atom stereocenters. The molecule has 0 aromatic heterocycles. The third-order valence-electron chi connectivity index (χ3n) is 3.25. The molecule has 1 aliphatic rings. The van der Waals surface area contributed by atoms with Gasteiger partial charge in [0.15, 0.2) is 13.2 Å². The highest BCUT2D eigenvalue weighted by Gasteiger charge is 2.11. The minimum Gasteiger partial charge on any atom is -0.481 e. The maximum atomic E-state index is 11.7. The van der Waals surface area contributed by atoms with E-state index < -0.39 is 0 Å². The summed E-state index contributed by atoms with van der Waals surface area (Å²) < 4.78 is 21.4. The molecule has 25 heavy (non-hydrogen) atoms. The van der Waals surface area contributed by atoms with Crippen LogP contribution in [-0.4, -0.2) is 64.5 Å². The molecular weight excluding hydrogens is 330 g/mol. The van der Waals surface area contributed by atoms with Crippen molar-refractivity contribution in [1.29, 1.82) is 0 Å². The summed E-state index contributed by atoms with van der Waals surface area (Å²) in [5.74, 6) is 0.0528. The number of ether oxygens (including phenoxy) is 4. The summed E-state index contributed by atoms with van der Waals surface area (Å²) in [5, 5.41) is 5.35. The number of para-hydroxylation sites is 1. The molecule has 1 aromatic rings. The first-order valence-electron chi connectivity index (χ1n) is 8.00. The van der Waals surface area contributed by atoms with E-state index in [9.17, 15) is 9.59 Å². The molecule has 2 amide bonds. The van der Waals surface area contributed by atoms with Crippen LogP contribution in [0.2, 0.25) is 0 Å². The molecule has 0 saturated carbocycles. The lowest BCUT2D eigenvalue weighted by molar-refractivity contribution is -0.124. The minimum absolute atomic E-state index is 0.183. The molecule has 2 rings (SSSR count). The van der Waals surface area contributed by atoms with Crippen LogP contribution < -0.4 is 25.8 Å². The van der Waals surface area contributed by atoms with Crippen LogP contribution in [0.1, 0.15) is 0 Å². The van der Waals surface area contributed by atoms with Gasteiger partial charge in [0.25, 0.3) is 11.8 Å². The second-order valence-corrected chi connectivity index (χ2v) is 5.17. The number of hydrogen-bond donors (Lipinski definition) is 3. The minimum atomic E-state index is -0.289. The van der Waals surface area contributed by atoms with Crippen molar-refractivity contribution in [2.75, 3.05) is 58.5 Å². The van der Waals surface area contributed by atoms with Gasteiger partial charge in [0, 0.05) is 13.1 Å². The summed E-state index contributed by atoms with van der Waals surface area (Å²) in [7, 11) is 0. The largest absolute Gasteiger partial charge is 0.481 e. The summed E-state index contributed by atoms with van der Waals surface area (Å²) in [6.45, 7) is 1.94. The van der Waals surface area contributed by atoms with Gasteiger partial charge in [0.05, 0.1) is 26.4 Å². The van der Waals surface area contributed by atoms with Crippen LogP contribution in [0, 0.1) is 0 Å². The van der Waals surface area contributed by atoms with Crippen molar-refractivity contribution < 1.29 is 28.5 Å². The number of rotatable bonds is 0. The molecule has 138 valence electrons. The van der Waals surface area contributed by atoms with E-state index in [0.717, 1.165) is 0 Å². The quantitative estimate of drug-likeness (QED) is 0.528. The highest BCUT2D eigenvalue weighted by atomic mass is 16.5. The summed E-state index contributed by atoms with van der Waals surface area (Å²) >= 11 is 0. The van der Waals surface area contributed by atoms with Gasteiger partial charge in [0.2, 0.25) is 0 Å². The molecule has 4 N–H and O–H groups in total. The molecule has 9 heteroatoms. The Balaban J connectivity index is 1.97. The number of hydrogen-bond acceptors (Lipinski definition) is 7. The van der Waals surface area contributed by atoms with Crippen molar-refractivity contribution in [3.05, 3.63) is 18.2 Å². The molecule has 0 aliphatic carbocycles. The van der Waals surface area contributed by atoms with Crippen molar-refractivity contribution in [2.24, 2.45) is 0 Å². The standard InChI is InChI=1S/C16H23N3O6/c17-16-12-2-1-3-13(16)25-11-15(21)19-5-7-23-9-8-22-6-4-18-14(20)10-24-12/h1-3H,4-11,17H2,(H,18,20)(H,19,21). The number of benzene rings is 1. The van der Waals surface area contributed by atoms with Gasteiger partial charge in [-0.1, -0.05) is 6.07 Å². The molecule has 1 heterocycles. The summed E-state index contributed by atoms with van der Waals surface area (Å²) in [5.41, 5.74) is 6.18. The fourth-order valence-electron chi connectivity index (χ4n) is 2.01. The highest BCUT2D eigenvalue weighted by molar-refractivity contribution is 5.78. The van der Waals surface area contributed by atoms with Crippen LogP contribution in [0.3, 0.4) is 0 Å². The third kappa shape index (κ3) is 6.86. The Morgan fingerprint density at radius 2 is 1.28 bits per heavy atom. The second-order valence-electron chi connectivity index (χ2n) is 5.17. The molecule has 0 saturated heterocycles. The zero-order valence-corrected chi connectivity index (χ0v) is 13.9. The van der Waals surface area contributed by atoms with Crippen molar-refractivity contribution in [3.63, 3.8) is 0 Å². The van der Waals surface area contributed by atoms with Crippen LogP contribution in [0.4, 0.5) is 5.69 Å². The maximum Gasteiger partial charge on any atom is 0.258 e. The summed E-state index contributed by atoms with van der Waals surface area (Å²) in [4.78, 5) is 23.5. The van der Waals surface area contributed by atoms with Gasteiger partial charge in [-0.3, -0.25) is 9.59 Å². The van der Waals surface area contributed by atoms with Crippen LogP contribution in [-0.2, 0) is 19.1 Å². The van der Waals surface area contributed by atoms with Crippen molar-refractivity contribution in [3.8, 4) is 11.5 Å². The Bertz CT molecular complexity index is 535. The number of fused-ring (bicyclic) bond motifs is 2. The van der Waals surface area contributed by atoms with Gasteiger partial charge >= 0.3 is 0 Å². The van der Waals surface area contributed by atoms with Crippen LogP contribution >= 0.6 is 0 Å². The normalized spacial score (nSPS) is 18.4. The monoisotopic (exact) mass is 353 g/mol. The predicted molar refractivity (Wildman–Crippen MR) is 89.5 cm³/mol. The van der Waals surface area contributed by atoms with Crippen LogP contribution in [0.15, 0.2) is 18.2 Å². The number of nitrogens with two attached hydrogens (primary N) is 1. The van der Waals surface area contributed by atoms with Crippen molar-refractivity contribution in [2.45, 2.75) is 0 Å². The van der Waals surface area contributed by atoms with Crippen LogP contribution in [0.5, 0.6) is 11.5 Å². The van der Waals surface area contributed by atoms with Gasteiger partial charge in [-0.05, 0) is 12.1 Å². The number of anilines is 1. The first-order valence-corrected chi connectivity index (χ1v) is 8.00. The van der Waals surface area contributed by atoms with E-state index in [1.807, 2.05) is 0 Å². The number of nitrogen functional groups attached to an aromatic ring is 1. The van der Waals surface area contributed by atoms with E-state index in [1.165, 1.54) is 0 Å². The fourth-order valence-corrected chi connectivity index (χ4v) is 2.01. The lowest BCUT2D eigenvalue weighted by atomic mass is 10.2. The van der Waals surface area contributed by atoms with Gasteiger partial charge < -0.3 is 35.3 Å². The van der Waals surface area contributed by atoms with Crippen LogP contribution in [0.25, 0.3) is 0 Å². The fraction of sp³-hybridized carbons (Fsp3) is 0.500. The van der Waals surface area contributed by atoms with E-state index in [0.29, 0.717) is 51.0 Å². The SMILES string of the molecule is Nc1c2cccc1OCC(=O)NCCOCCOCCNC(=O)CO2. The molecule has 2 bridgehead atoms. The van der Waals surface area contributed by atoms with Crippen molar-refractivity contribution >= 4 is 17.5 Å². The maximum absolute atomic E-state index is 11.7. The van der Waals surface area contributed by atoms with Gasteiger partial charge in [-0.2, -0.15) is 0 Å². The van der Waals surface area contributed by atoms with Gasteiger partial charge in [-0.25, -0.2) is 0 Å². The molecule has 0 unspecified atom stereocenters. The molecule has 0 radical (unpaired) electrons. The number of nitrogens with one attached hydrogen (secondary N) is 2. The smallest absolute Gasteiger partial charge is 0.258 e. The Labute approximate surface area is 145 Å². The Morgan fingerprint density at radius 1 is 0.800 bits per heavy atom. The first-order chi connectivity index (χ1) is 12.2. The van der Waals surface area contributed by atoms with E-state index in [-0.39, 0.29) is 30.7 Å². The molecule has 9 nitrogen and oxygen atoms in total. The predicted octanol–water partition coefficient (Wildman–Crippen LogP) is -0.694. The third-order valence-corrected chi connectivity index (χ3v) is 3.25. The molecular formula is C16H23N3O6. The summed E-state index contributed by atoms with van der Waals surface area (Å²) in [6, 6.07) is 4.91. The Hall–Kier alpha value is -2.52. The molecule has 1 aliphatic heterocycles. The number of carbonyl (C=O) groups excluding carboxylic acids is 2. The molecule has 0 fully saturated rings. The zero-order valence-electron chi connectivity index (χ0n) is 13.9. The number of amides is 2. The highest BCUT2D eigenvalue weighted by Crippen LogP contribution is 2.31. The first kappa shape index (κ1) is 18.8. The van der Waals surface area contributed by atoms with E-state index in [2.05, 4.69) is 10.6 Å². The lowest BCUT2D eigenvalue weighted by Crippen LogP contribution is -2.32. The van der Waals surface area contributed by atoms with E-state index in [1.54, 1.807) is 18.2 Å². The average Bonchev–Trinajstić information content (AvgIpc) is 2.60. The average molecular weight is 353 g/mol. The van der Waals surface area contributed by atoms with Gasteiger partial charge in [0.1, 0.15) is 17.2 Å². The lowest BCUT2D eigenvalue weighted by Gasteiger charge is -2.13. The zero-order chi connectivity index (χ0) is 17.9. The molecule has 1 aromatic carbocycles. The number of carbonyl (C=O) groups is 2. The topological polar surface area (TPSA) is 121 Å². The molecule has 0 spiro atoms. The van der Waals surface area contributed by atoms with Gasteiger partial charge in [-0.15, -0.1) is 0 Å².